The Balaban J connectivity index is 0.00000220. The van der Waals surface area contributed by atoms with Gasteiger partial charge in [0.1, 0.15) is 0 Å². The summed E-state index contributed by atoms with van der Waals surface area (Å²) in [6.07, 6.45) is 4.39. The molecule has 1 aliphatic rings. The lowest BCUT2D eigenvalue weighted by atomic mass is 10.3. The van der Waals surface area contributed by atoms with Crippen LogP contribution in [-0.2, 0) is 0 Å². The summed E-state index contributed by atoms with van der Waals surface area (Å²) in [5.41, 5.74) is 0.571. The van der Waals surface area contributed by atoms with Crippen molar-refractivity contribution in [3.63, 3.8) is 0 Å². The predicted molar refractivity (Wildman–Crippen MR) is 94.1 cm³/mol. The largest absolute Gasteiger partial charge is 0.355 e. The average Bonchev–Trinajstić information content (AvgIpc) is 3.18. The van der Waals surface area contributed by atoms with Crippen molar-refractivity contribution >= 4 is 35.8 Å². The number of aliphatic imine (C=N–C) groups is 1. The molecule has 7 heteroatoms. The van der Waals surface area contributed by atoms with Crippen LogP contribution >= 0.6 is 24.0 Å². The zero-order valence-electron chi connectivity index (χ0n) is 12.3. The van der Waals surface area contributed by atoms with Gasteiger partial charge in [-0.2, -0.15) is 0 Å². The summed E-state index contributed by atoms with van der Waals surface area (Å²) in [6, 6.07) is 4.02. The van der Waals surface area contributed by atoms with Gasteiger partial charge >= 0.3 is 0 Å². The molecule has 0 saturated heterocycles. The molecule has 0 aromatic carbocycles. The van der Waals surface area contributed by atoms with Crippen LogP contribution in [0.5, 0.6) is 0 Å². The Kier molecular flexibility index (Phi) is 7.41. The maximum atomic E-state index is 11.8. The summed E-state index contributed by atoms with van der Waals surface area (Å²) in [5, 5.41) is 9.33. The van der Waals surface area contributed by atoms with Crippen LogP contribution in [-0.4, -0.2) is 43.0 Å². The molecule has 1 fully saturated rings. The summed E-state index contributed by atoms with van der Waals surface area (Å²) in [4.78, 5) is 19.8. The summed E-state index contributed by atoms with van der Waals surface area (Å²) in [7, 11) is 1.75. The van der Waals surface area contributed by atoms with Gasteiger partial charge in [-0.05, 0) is 24.5 Å². The van der Waals surface area contributed by atoms with Crippen molar-refractivity contribution in [3.05, 3.63) is 30.1 Å². The van der Waals surface area contributed by atoms with Crippen molar-refractivity contribution in [2.45, 2.75) is 19.4 Å². The second-order valence-corrected chi connectivity index (χ2v) is 4.96. The molecule has 1 aromatic heterocycles. The number of nitrogens with zero attached hydrogens (tertiary/aromatic N) is 2. The number of aromatic nitrogens is 1. The van der Waals surface area contributed by atoms with Crippen molar-refractivity contribution < 1.29 is 4.79 Å². The van der Waals surface area contributed by atoms with Gasteiger partial charge in [0.2, 0.25) is 0 Å². The van der Waals surface area contributed by atoms with E-state index < -0.39 is 0 Å². The first-order valence-electron chi connectivity index (χ1n) is 6.86. The van der Waals surface area contributed by atoms with Crippen molar-refractivity contribution in [1.29, 1.82) is 0 Å². The minimum absolute atomic E-state index is 0. The molecule has 2 atom stereocenters. The first-order chi connectivity index (χ1) is 9.70. The molecule has 1 heterocycles. The van der Waals surface area contributed by atoms with Gasteiger partial charge in [0.25, 0.3) is 5.91 Å². The van der Waals surface area contributed by atoms with Crippen molar-refractivity contribution in [1.82, 2.24) is 20.9 Å². The number of guanidine groups is 1. The van der Waals surface area contributed by atoms with Crippen molar-refractivity contribution in [3.8, 4) is 0 Å². The highest BCUT2D eigenvalue weighted by Crippen LogP contribution is 2.28. The lowest BCUT2D eigenvalue weighted by Gasteiger charge is -2.11. The second-order valence-electron chi connectivity index (χ2n) is 4.96. The molecule has 0 bridgehead atoms. The Labute approximate surface area is 142 Å². The van der Waals surface area contributed by atoms with E-state index in [1.54, 1.807) is 31.6 Å². The molecule has 6 nitrogen and oxygen atoms in total. The zero-order chi connectivity index (χ0) is 14.4. The van der Waals surface area contributed by atoms with Crippen LogP contribution in [0, 0.1) is 5.92 Å². The molecule has 1 aliphatic carbocycles. The number of rotatable bonds is 5. The SMILES string of the molecule is CN=C(NCCNC(=O)c1cccnc1)NC1CC1C.I. The Morgan fingerprint density at radius 3 is 2.71 bits per heavy atom. The van der Waals surface area contributed by atoms with E-state index in [9.17, 15) is 4.79 Å². The monoisotopic (exact) mass is 403 g/mol. The van der Waals surface area contributed by atoms with Crippen LogP contribution < -0.4 is 16.0 Å². The fourth-order valence-electron chi connectivity index (χ4n) is 1.85. The normalized spacial score (nSPS) is 20.2. The molecule has 0 aliphatic heterocycles. The van der Waals surface area contributed by atoms with Gasteiger partial charge in [-0.25, -0.2) is 0 Å². The third-order valence-corrected chi connectivity index (χ3v) is 3.28. The highest BCUT2D eigenvalue weighted by molar-refractivity contribution is 14.0. The van der Waals surface area contributed by atoms with Crippen LogP contribution in [0.15, 0.2) is 29.5 Å². The van der Waals surface area contributed by atoms with E-state index in [2.05, 4.69) is 32.9 Å². The molecule has 0 spiro atoms. The molecule has 1 aromatic rings. The van der Waals surface area contributed by atoms with Gasteiger partial charge < -0.3 is 16.0 Å². The van der Waals surface area contributed by atoms with E-state index in [0.29, 0.717) is 24.7 Å². The lowest BCUT2D eigenvalue weighted by Crippen LogP contribution is -2.42. The molecule has 2 unspecified atom stereocenters. The molecular formula is C14H22IN5O. The van der Waals surface area contributed by atoms with E-state index in [0.717, 1.165) is 11.9 Å². The minimum Gasteiger partial charge on any atom is -0.355 e. The molecule has 0 radical (unpaired) electrons. The minimum atomic E-state index is -0.112. The van der Waals surface area contributed by atoms with E-state index in [4.69, 9.17) is 0 Å². The fourth-order valence-corrected chi connectivity index (χ4v) is 1.85. The van der Waals surface area contributed by atoms with Gasteiger partial charge in [0.05, 0.1) is 5.56 Å². The summed E-state index contributed by atoms with van der Waals surface area (Å²) in [5.74, 6) is 1.40. The van der Waals surface area contributed by atoms with E-state index in [1.165, 1.54) is 6.42 Å². The van der Waals surface area contributed by atoms with E-state index >= 15 is 0 Å². The van der Waals surface area contributed by atoms with Gasteiger partial charge in [0, 0.05) is 38.6 Å². The Morgan fingerprint density at radius 1 is 1.43 bits per heavy atom. The van der Waals surface area contributed by atoms with Crippen molar-refractivity contribution in [2.24, 2.45) is 10.9 Å². The number of nitrogens with one attached hydrogen (secondary N) is 3. The number of amides is 1. The maximum Gasteiger partial charge on any atom is 0.252 e. The Morgan fingerprint density at radius 2 is 2.14 bits per heavy atom. The molecule has 116 valence electrons. The third-order valence-electron chi connectivity index (χ3n) is 3.28. The quantitative estimate of drug-likeness (QED) is 0.297. The number of carbonyl (C=O) groups excluding carboxylic acids is 1. The van der Waals surface area contributed by atoms with Crippen LogP contribution in [0.2, 0.25) is 0 Å². The van der Waals surface area contributed by atoms with Crippen LogP contribution in [0.4, 0.5) is 0 Å². The first kappa shape index (κ1) is 17.7. The van der Waals surface area contributed by atoms with Crippen LogP contribution in [0.3, 0.4) is 0 Å². The van der Waals surface area contributed by atoms with Crippen LogP contribution in [0.1, 0.15) is 23.7 Å². The second kappa shape index (κ2) is 8.81. The van der Waals surface area contributed by atoms with Gasteiger partial charge in [-0.15, -0.1) is 24.0 Å². The lowest BCUT2D eigenvalue weighted by molar-refractivity contribution is 0.0954. The molecular weight excluding hydrogens is 381 g/mol. The van der Waals surface area contributed by atoms with Gasteiger partial charge in [-0.1, -0.05) is 6.92 Å². The van der Waals surface area contributed by atoms with E-state index in [-0.39, 0.29) is 29.9 Å². The Hall–Kier alpha value is -1.38. The number of hydrogen-bond donors (Lipinski definition) is 3. The van der Waals surface area contributed by atoms with Gasteiger partial charge in [0.15, 0.2) is 5.96 Å². The summed E-state index contributed by atoms with van der Waals surface area (Å²) < 4.78 is 0. The van der Waals surface area contributed by atoms with Crippen molar-refractivity contribution in [2.75, 3.05) is 20.1 Å². The zero-order valence-corrected chi connectivity index (χ0v) is 14.6. The third kappa shape index (κ3) is 5.86. The maximum absolute atomic E-state index is 11.8. The molecule has 2 rings (SSSR count). The summed E-state index contributed by atoms with van der Waals surface area (Å²) >= 11 is 0. The topological polar surface area (TPSA) is 78.4 Å². The number of halogens is 1. The fraction of sp³-hybridized carbons (Fsp3) is 0.500. The highest BCUT2D eigenvalue weighted by Gasteiger charge is 2.33. The number of pyridine rings is 1. The molecule has 1 saturated carbocycles. The van der Waals surface area contributed by atoms with Gasteiger partial charge in [-0.3, -0.25) is 14.8 Å². The average molecular weight is 403 g/mol. The Bertz CT molecular complexity index is 480. The number of carbonyl (C=O) groups is 1. The highest BCUT2D eigenvalue weighted by atomic mass is 127. The predicted octanol–water partition coefficient (Wildman–Crippen LogP) is 1.00. The van der Waals surface area contributed by atoms with Crippen LogP contribution in [0.25, 0.3) is 0 Å². The standard InChI is InChI=1S/C14H21N5O.HI/c1-10-8-12(10)19-14(15-2)18-7-6-17-13(20)11-4-3-5-16-9-11;/h3-5,9-10,12H,6-8H2,1-2H3,(H,17,20)(H2,15,18,19);1H. The molecule has 1 amide bonds. The summed E-state index contributed by atoms with van der Waals surface area (Å²) in [6.45, 7) is 3.38. The number of hydrogen-bond acceptors (Lipinski definition) is 3. The smallest absolute Gasteiger partial charge is 0.252 e. The molecule has 3 N–H and O–H groups in total. The first-order valence-corrected chi connectivity index (χ1v) is 6.86. The molecule has 21 heavy (non-hydrogen) atoms. The van der Waals surface area contributed by atoms with E-state index in [1.807, 2.05) is 0 Å².